The number of benzene rings is 1. The van der Waals surface area contributed by atoms with Gasteiger partial charge in [0.2, 0.25) is 5.89 Å². The first kappa shape index (κ1) is 13.6. The SMILES string of the molecule is CCOC(=O)c1coc(-c2ccc(SC)cc2F)n1. The highest BCUT2D eigenvalue weighted by Gasteiger charge is 2.16. The fraction of sp³-hybridized carbons (Fsp3) is 0.231. The Labute approximate surface area is 114 Å². The van der Waals surface area contributed by atoms with Gasteiger partial charge in [0.05, 0.1) is 12.2 Å². The standard InChI is InChI=1S/C13H12FNO3S/c1-3-17-13(16)11-7-18-12(15-11)9-5-4-8(19-2)6-10(9)14/h4-7H,3H2,1-2H3. The van der Waals surface area contributed by atoms with E-state index in [-0.39, 0.29) is 23.8 Å². The summed E-state index contributed by atoms with van der Waals surface area (Å²) in [7, 11) is 0. The van der Waals surface area contributed by atoms with Crippen LogP contribution in [-0.2, 0) is 4.74 Å². The van der Waals surface area contributed by atoms with Crippen molar-refractivity contribution < 1.29 is 18.3 Å². The average molecular weight is 281 g/mol. The van der Waals surface area contributed by atoms with Gasteiger partial charge >= 0.3 is 5.97 Å². The van der Waals surface area contributed by atoms with Gasteiger partial charge in [-0.25, -0.2) is 14.2 Å². The van der Waals surface area contributed by atoms with Crippen LogP contribution in [0, 0.1) is 5.82 Å². The largest absolute Gasteiger partial charge is 0.461 e. The second kappa shape index (κ2) is 5.88. The van der Waals surface area contributed by atoms with Crippen molar-refractivity contribution in [1.29, 1.82) is 0 Å². The van der Waals surface area contributed by atoms with Gasteiger partial charge in [0.25, 0.3) is 0 Å². The van der Waals surface area contributed by atoms with Gasteiger partial charge in [-0.1, -0.05) is 0 Å². The Balaban J connectivity index is 2.30. The number of ether oxygens (including phenoxy) is 1. The van der Waals surface area contributed by atoms with Crippen molar-refractivity contribution >= 4 is 17.7 Å². The molecule has 0 N–H and O–H groups in total. The summed E-state index contributed by atoms with van der Waals surface area (Å²) >= 11 is 1.44. The van der Waals surface area contributed by atoms with Gasteiger partial charge in [-0.2, -0.15) is 0 Å². The molecule has 1 aromatic heterocycles. The first-order chi connectivity index (χ1) is 9.15. The van der Waals surface area contributed by atoms with Crippen LogP contribution in [0.5, 0.6) is 0 Å². The molecule has 6 heteroatoms. The number of carbonyl (C=O) groups is 1. The fourth-order valence-corrected chi connectivity index (χ4v) is 1.92. The molecule has 4 nitrogen and oxygen atoms in total. The molecule has 1 aromatic carbocycles. The van der Waals surface area contributed by atoms with Crippen LogP contribution in [-0.4, -0.2) is 23.8 Å². The molecule has 2 rings (SSSR count). The number of rotatable bonds is 4. The zero-order valence-corrected chi connectivity index (χ0v) is 11.3. The van der Waals surface area contributed by atoms with E-state index in [1.165, 1.54) is 17.8 Å². The van der Waals surface area contributed by atoms with Crippen LogP contribution in [0.1, 0.15) is 17.4 Å². The van der Waals surface area contributed by atoms with Crippen LogP contribution in [0.25, 0.3) is 11.5 Å². The number of nitrogens with zero attached hydrogens (tertiary/aromatic N) is 1. The lowest BCUT2D eigenvalue weighted by Crippen LogP contribution is -2.04. The highest BCUT2D eigenvalue weighted by Crippen LogP contribution is 2.26. The summed E-state index contributed by atoms with van der Waals surface area (Å²) in [6, 6.07) is 4.73. The molecule has 0 aliphatic heterocycles. The van der Waals surface area contributed by atoms with Crippen molar-refractivity contribution in [3.8, 4) is 11.5 Å². The van der Waals surface area contributed by atoms with Crippen LogP contribution < -0.4 is 0 Å². The highest BCUT2D eigenvalue weighted by atomic mass is 32.2. The summed E-state index contributed by atoms with van der Waals surface area (Å²) < 4.78 is 23.8. The van der Waals surface area contributed by atoms with Gasteiger partial charge in [0.15, 0.2) is 5.69 Å². The number of carbonyl (C=O) groups excluding carboxylic acids is 1. The molecule has 2 aromatic rings. The van der Waals surface area contributed by atoms with Crippen molar-refractivity contribution in [2.24, 2.45) is 0 Å². The summed E-state index contributed by atoms with van der Waals surface area (Å²) in [6.45, 7) is 1.94. The summed E-state index contributed by atoms with van der Waals surface area (Å²) in [5.74, 6) is -0.962. The van der Waals surface area contributed by atoms with E-state index in [1.807, 2.05) is 6.26 Å². The second-order valence-electron chi connectivity index (χ2n) is 3.60. The lowest BCUT2D eigenvalue weighted by Gasteiger charge is -2.00. The zero-order valence-electron chi connectivity index (χ0n) is 10.5. The maximum atomic E-state index is 13.9. The summed E-state index contributed by atoms with van der Waals surface area (Å²) in [5, 5.41) is 0. The van der Waals surface area contributed by atoms with Gasteiger partial charge in [-0.15, -0.1) is 11.8 Å². The molecule has 0 amide bonds. The van der Waals surface area contributed by atoms with Gasteiger partial charge in [0, 0.05) is 4.90 Å². The number of esters is 1. The van der Waals surface area contributed by atoms with Crippen molar-refractivity contribution in [2.45, 2.75) is 11.8 Å². The fourth-order valence-electron chi connectivity index (χ4n) is 1.49. The normalized spacial score (nSPS) is 10.5. The topological polar surface area (TPSA) is 52.3 Å². The number of aromatic nitrogens is 1. The van der Waals surface area contributed by atoms with Crippen LogP contribution in [0.15, 0.2) is 33.8 Å². The van der Waals surface area contributed by atoms with Crippen molar-refractivity contribution in [2.75, 3.05) is 12.9 Å². The van der Waals surface area contributed by atoms with E-state index < -0.39 is 11.8 Å². The Bertz CT molecular complexity index is 597. The molecule has 1 heterocycles. The van der Waals surface area contributed by atoms with Gasteiger partial charge in [-0.3, -0.25) is 0 Å². The average Bonchev–Trinajstić information content (AvgIpc) is 2.88. The Morgan fingerprint density at radius 3 is 2.95 bits per heavy atom. The molecule has 0 aliphatic carbocycles. The predicted octanol–water partition coefficient (Wildman–Crippen LogP) is 3.38. The number of halogens is 1. The Morgan fingerprint density at radius 1 is 1.53 bits per heavy atom. The van der Waals surface area contributed by atoms with E-state index in [1.54, 1.807) is 19.1 Å². The molecule has 0 unspecified atom stereocenters. The molecule has 0 saturated heterocycles. The van der Waals surface area contributed by atoms with Crippen LogP contribution in [0.3, 0.4) is 0 Å². The Hall–Kier alpha value is -1.82. The maximum Gasteiger partial charge on any atom is 0.360 e. The molecule has 100 valence electrons. The zero-order chi connectivity index (χ0) is 13.8. The minimum atomic E-state index is -0.585. The molecule has 0 radical (unpaired) electrons. The van der Waals surface area contributed by atoms with E-state index in [2.05, 4.69) is 4.98 Å². The Kier molecular flexibility index (Phi) is 4.21. The van der Waals surface area contributed by atoms with Gasteiger partial charge in [0.1, 0.15) is 12.1 Å². The summed E-state index contributed by atoms with van der Waals surface area (Å²) in [5.41, 5.74) is 0.249. The lowest BCUT2D eigenvalue weighted by atomic mass is 10.2. The molecule has 0 saturated carbocycles. The maximum absolute atomic E-state index is 13.9. The third-order valence-electron chi connectivity index (χ3n) is 2.40. The Morgan fingerprint density at radius 2 is 2.32 bits per heavy atom. The molecule has 19 heavy (non-hydrogen) atoms. The number of hydrogen-bond acceptors (Lipinski definition) is 5. The third-order valence-corrected chi connectivity index (χ3v) is 3.12. The molecule has 0 aliphatic rings. The van der Waals surface area contributed by atoms with Crippen LogP contribution in [0.2, 0.25) is 0 Å². The first-order valence-electron chi connectivity index (χ1n) is 5.62. The molecular formula is C13H12FNO3S. The molecule has 0 fully saturated rings. The molecule has 0 spiro atoms. The van der Waals surface area contributed by atoms with E-state index >= 15 is 0 Å². The van der Waals surface area contributed by atoms with E-state index in [4.69, 9.17) is 9.15 Å². The van der Waals surface area contributed by atoms with Gasteiger partial charge < -0.3 is 9.15 Å². The predicted molar refractivity (Wildman–Crippen MR) is 69.6 cm³/mol. The van der Waals surface area contributed by atoms with Crippen molar-refractivity contribution in [1.82, 2.24) is 4.98 Å². The number of thioether (sulfide) groups is 1. The van der Waals surface area contributed by atoms with Crippen LogP contribution >= 0.6 is 11.8 Å². The van der Waals surface area contributed by atoms with E-state index in [9.17, 15) is 9.18 Å². The van der Waals surface area contributed by atoms with Crippen molar-refractivity contribution in [3.63, 3.8) is 0 Å². The minimum absolute atomic E-state index is 0.0326. The number of hydrogen-bond donors (Lipinski definition) is 0. The molecule has 0 bridgehead atoms. The summed E-state index contributed by atoms with van der Waals surface area (Å²) in [6.07, 6.45) is 3.02. The van der Waals surface area contributed by atoms with Crippen LogP contribution in [0.4, 0.5) is 4.39 Å². The first-order valence-corrected chi connectivity index (χ1v) is 6.84. The summed E-state index contributed by atoms with van der Waals surface area (Å²) in [4.78, 5) is 16.2. The second-order valence-corrected chi connectivity index (χ2v) is 4.48. The lowest BCUT2D eigenvalue weighted by molar-refractivity contribution is 0.0519. The number of oxazole rings is 1. The van der Waals surface area contributed by atoms with E-state index in [0.29, 0.717) is 0 Å². The monoisotopic (exact) mass is 281 g/mol. The third kappa shape index (κ3) is 2.96. The molecular weight excluding hydrogens is 269 g/mol. The minimum Gasteiger partial charge on any atom is -0.461 e. The van der Waals surface area contributed by atoms with Gasteiger partial charge in [-0.05, 0) is 31.4 Å². The van der Waals surface area contributed by atoms with Crippen molar-refractivity contribution in [3.05, 3.63) is 36.0 Å². The van der Waals surface area contributed by atoms with E-state index in [0.717, 1.165) is 11.2 Å². The molecule has 0 atom stereocenters. The highest BCUT2D eigenvalue weighted by molar-refractivity contribution is 7.98. The quantitative estimate of drug-likeness (QED) is 0.635. The smallest absolute Gasteiger partial charge is 0.360 e.